The normalized spacial score (nSPS) is 10.9. The van der Waals surface area contributed by atoms with Crippen LogP contribution in [-0.4, -0.2) is 6.54 Å². The first-order valence-corrected chi connectivity index (χ1v) is 8.18. The third-order valence-corrected chi connectivity index (χ3v) is 4.27. The zero-order chi connectivity index (χ0) is 15.4. The number of rotatable bonds is 5. The predicted octanol–water partition coefficient (Wildman–Crippen LogP) is 6.47. The zero-order valence-electron chi connectivity index (χ0n) is 11.5. The van der Waals surface area contributed by atoms with E-state index in [1.807, 2.05) is 18.2 Å². The van der Waals surface area contributed by atoms with E-state index in [9.17, 15) is 0 Å². The molecule has 1 nitrogen and oxygen atoms in total. The number of benzene rings is 2. The molecule has 0 spiro atoms. The molecule has 0 saturated carbocycles. The summed E-state index contributed by atoms with van der Waals surface area (Å²) in [6, 6.07) is 9.15. The molecule has 0 fully saturated rings. The maximum Gasteiger partial charge on any atom is 0.0514 e. The monoisotopic (exact) mass is 361 g/mol. The minimum Gasteiger partial charge on any atom is -0.313 e. The highest BCUT2D eigenvalue weighted by atomic mass is 35.5. The molecule has 21 heavy (non-hydrogen) atoms. The molecular weight excluding hydrogens is 348 g/mol. The molecular formula is C16H15Cl4N. The molecule has 0 aliphatic rings. The van der Waals surface area contributed by atoms with E-state index >= 15 is 0 Å². The topological polar surface area (TPSA) is 12.0 Å². The van der Waals surface area contributed by atoms with Crippen molar-refractivity contribution >= 4 is 46.4 Å². The molecule has 0 amide bonds. The van der Waals surface area contributed by atoms with Gasteiger partial charge in [-0.2, -0.15) is 0 Å². The van der Waals surface area contributed by atoms with E-state index in [1.165, 1.54) is 0 Å². The first kappa shape index (κ1) is 16.9. The summed E-state index contributed by atoms with van der Waals surface area (Å²) in [5.74, 6) is 0. The summed E-state index contributed by atoms with van der Waals surface area (Å²) in [6.45, 7) is 3.78. The van der Waals surface area contributed by atoms with Gasteiger partial charge in [0.2, 0.25) is 0 Å². The van der Waals surface area contributed by atoms with Gasteiger partial charge in [-0.15, -0.1) is 0 Å². The second kappa shape index (κ2) is 7.71. The first-order chi connectivity index (χ1) is 10.0. The van der Waals surface area contributed by atoms with Crippen molar-refractivity contribution in [2.24, 2.45) is 0 Å². The summed E-state index contributed by atoms with van der Waals surface area (Å²) in [5.41, 5.74) is 2.72. The number of nitrogens with one attached hydrogen (secondary N) is 1. The van der Waals surface area contributed by atoms with Crippen molar-refractivity contribution in [3.8, 4) is 11.1 Å². The lowest BCUT2D eigenvalue weighted by atomic mass is 10.0. The first-order valence-electron chi connectivity index (χ1n) is 6.67. The highest BCUT2D eigenvalue weighted by molar-refractivity contribution is 6.41. The number of hydrogen-bond acceptors (Lipinski definition) is 1. The van der Waals surface area contributed by atoms with Gasteiger partial charge in [0.1, 0.15) is 0 Å². The van der Waals surface area contributed by atoms with Gasteiger partial charge < -0.3 is 5.32 Å². The third-order valence-electron chi connectivity index (χ3n) is 3.08. The summed E-state index contributed by atoms with van der Waals surface area (Å²) >= 11 is 24.7. The summed E-state index contributed by atoms with van der Waals surface area (Å²) in [6.07, 6.45) is 1.08. The summed E-state index contributed by atoms with van der Waals surface area (Å²) < 4.78 is 0. The molecule has 2 aromatic rings. The van der Waals surface area contributed by atoms with Crippen molar-refractivity contribution in [1.29, 1.82) is 0 Å². The van der Waals surface area contributed by atoms with Crippen LogP contribution in [-0.2, 0) is 6.54 Å². The smallest absolute Gasteiger partial charge is 0.0514 e. The number of halogens is 4. The molecule has 0 unspecified atom stereocenters. The fourth-order valence-electron chi connectivity index (χ4n) is 2.08. The molecule has 112 valence electrons. The van der Waals surface area contributed by atoms with E-state index in [4.69, 9.17) is 46.4 Å². The van der Waals surface area contributed by atoms with Crippen LogP contribution in [0.25, 0.3) is 11.1 Å². The van der Waals surface area contributed by atoms with Crippen LogP contribution in [0.4, 0.5) is 0 Å². The molecule has 0 saturated heterocycles. The van der Waals surface area contributed by atoms with Gasteiger partial charge in [0.25, 0.3) is 0 Å². The van der Waals surface area contributed by atoms with E-state index in [2.05, 4.69) is 12.2 Å². The molecule has 0 atom stereocenters. The second-order valence-corrected chi connectivity index (χ2v) is 6.39. The lowest BCUT2D eigenvalue weighted by Crippen LogP contribution is -2.14. The van der Waals surface area contributed by atoms with E-state index in [0.717, 1.165) is 34.7 Å². The van der Waals surface area contributed by atoms with Gasteiger partial charge in [-0.05, 0) is 48.4 Å². The Bertz CT molecular complexity index is 617. The van der Waals surface area contributed by atoms with Crippen LogP contribution in [0.3, 0.4) is 0 Å². The van der Waals surface area contributed by atoms with Gasteiger partial charge in [0.15, 0.2) is 0 Å². The quantitative estimate of drug-likeness (QED) is 0.601. The van der Waals surface area contributed by atoms with E-state index in [1.54, 1.807) is 12.1 Å². The Morgan fingerprint density at radius 2 is 1.57 bits per heavy atom. The minimum atomic E-state index is 0.521. The Labute approximate surface area is 145 Å². The Balaban J connectivity index is 2.39. The summed E-state index contributed by atoms with van der Waals surface area (Å²) in [4.78, 5) is 0. The van der Waals surface area contributed by atoms with Gasteiger partial charge in [0.05, 0.1) is 10.0 Å². The van der Waals surface area contributed by atoms with Crippen LogP contribution in [0.2, 0.25) is 20.1 Å². The predicted molar refractivity (Wildman–Crippen MR) is 93.9 cm³/mol. The molecule has 5 heteroatoms. The molecule has 0 bridgehead atoms. The van der Waals surface area contributed by atoms with Gasteiger partial charge in [-0.25, -0.2) is 0 Å². The molecule has 1 N–H and O–H groups in total. The van der Waals surface area contributed by atoms with Crippen LogP contribution in [0.1, 0.15) is 18.9 Å². The molecule has 0 heterocycles. The van der Waals surface area contributed by atoms with Gasteiger partial charge in [-0.3, -0.25) is 0 Å². The fourth-order valence-corrected chi connectivity index (χ4v) is 3.30. The largest absolute Gasteiger partial charge is 0.313 e. The molecule has 0 aliphatic carbocycles. The van der Waals surface area contributed by atoms with Crippen LogP contribution in [0, 0.1) is 0 Å². The summed E-state index contributed by atoms with van der Waals surface area (Å²) in [7, 11) is 0. The van der Waals surface area contributed by atoms with Crippen molar-refractivity contribution in [2.45, 2.75) is 19.9 Å². The zero-order valence-corrected chi connectivity index (χ0v) is 14.5. The van der Waals surface area contributed by atoms with Crippen LogP contribution >= 0.6 is 46.4 Å². The third kappa shape index (κ3) is 4.28. The van der Waals surface area contributed by atoms with Crippen molar-refractivity contribution in [2.75, 3.05) is 6.54 Å². The average Bonchev–Trinajstić information content (AvgIpc) is 2.41. The van der Waals surface area contributed by atoms with E-state index < -0.39 is 0 Å². The van der Waals surface area contributed by atoms with E-state index in [-0.39, 0.29) is 0 Å². The lowest BCUT2D eigenvalue weighted by molar-refractivity contribution is 0.676. The summed E-state index contributed by atoms with van der Waals surface area (Å²) in [5, 5.41) is 5.64. The molecule has 0 aromatic heterocycles. The molecule has 0 aliphatic heterocycles. The minimum absolute atomic E-state index is 0.521. The lowest BCUT2D eigenvalue weighted by Gasteiger charge is -2.12. The molecule has 0 radical (unpaired) electrons. The fraction of sp³-hybridized carbons (Fsp3) is 0.250. The van der Waals surface area contributed by atoms with Crippen molar-refractivity contribution in [1.82, 2.24) is 5.32 Å². The molecule has 2 aromatic carbocycles. The van der Waals surface area contributed by atoms with E-state index in [0.29, 0.717) is 21.6 Å². The Hall–Kier alpha value is -0.440. The maximum absolute atomic E-state index is 6.27. The average molecular weight is 363 g/mol. The highest BCUT2D eigenvalue weighted by Crippen LogP contribution is 2.38. The highest BCUT2D eigenvalue weighted by Gasteiger charge is 2.12. The Morgan fingerprint density at radius 1 is 0.905 bits per heavy atom. The van der Waals surface area contributed by atoms with Gasteiger partial charge >= 0.3 is 0 Å². The van der Waals surface area contributed by atoms with Crippen molar-refractivity contribution in [3.63, 3.8) is 0 Å². The van der Waals surface area contributed by atoms with Crippen LogP contribution in [0.5, 0.6) is 0 Å². The second-order valence-electron chi connectivity index (χ2n) is 4.73. The van der Waals surface area contributed by atoms with Gasteiger partial charge in [0, 0.05) is 22.2 Å². The Morgan fingerprint density at radius 3 is 2.19 bits per heavy atom. The van der Waals surface area contributed by atoms with Gasteiger partial charge in [-0.1, -0.05) is 59.4 Å². The van der Waals surface area contributed by atoms with Crippen molar-refractivity contribution < 1.29 is 0 Å². The van der Waals surface area contributed by atoms with Crippen LogP contribution < -0.4 is 5.32 Å². The maximum atomic E-state index is 6.27. The molecule has 2 rings (SSSR count). The van der Waals surface area contributed by atoms with Crippen molar-refractivity contribution in [3.05, 3.63) is 56.0 Å². The van der Waals surface area contributed by atoms with Crippen LogP contribution in [0.15, 0.2) is 30.3 Å². The standard InChI is InChI=1S/C16H15Cl4N/c1-2-5-21-9-11-6-10(3-4-13(11)18)16-14(19)7-12(17)8-15(16)20/h3-4,6-8,21H,2,5,9H2,1H3. The Kier molecular flexibility index (Phi) is 6.21. The SMILES string of the molecule is CCCNCc1cc(-c2c(Cl)cc(Cl)cc2Cl)ccc1Cl. The number of hydrogen-bond donors (Lipinski definition) is 1.